The third-order valence-electron chi connectivity index (χ3n) is 1.83. The van der Waals surface area contributed by atoms with E-state index in [0.717, 1.165) is 0 Å². The lowest BCUT2D eigenvalue weighted by molar-refractivity contribution is 0.232. The quantitative estimate of drug-likeness (QED) is 0.810. The number of nitrogens with zero attached hydrogens (tertiary/aromatic N) is 2. The largest absolute Gasteiger partial charge is 0.489 e. The van der Waals surface area contributed by atoms with Gasteiger partial charge in [-0.25, -0.2) is 0 Å². The predicted octanol–water partition coefficient (Wildman–Crippen LogP) is 1.47. The molecule has 1 atom stereocenters. The normalized spacial score (nSPS) is 12.2. The molecular weight excluding hydrogens is 192 g/mol. The molecule has 0 radical (unpaired) electrons. The molecule has 0 bridgehead atoms. The molecule has 1 heterocycles. The van der Waals surface area contributed by atoms with Gasteiger partial charge in [0.1, 0.15) is 17.4 Å². The van der Waals surface area contributed by atoms with Crippen molar-refractivity contribution < 1.29 is 9.84 Å². The van der Waals surface area contributed by atoms with Gasteiger partial charge in [-0.05, 0) is 26.0 Å². The summed E-state index contributed by atoms with van der Waals surface area (Å²) in [5.74, 6) is -0.0620. The van der Waals surface area contributed by atoms with Crippen LogP contribution in [0.3, 0.4) is 0 Å². The first kappa shape index (κ1) is 11.5. The van der Waals surface area contributed by atoms with E-state index in [1.165, 1.54) is 0 Å². The highest BCUT2D eigenvalue weighted by Gasteiger charge is 2.16. The summed E-state index contributed by atoms with van der Waals surface area (Å²) in [7, 11) is 0. The minimum absolute atomic E-state index is 0.0194. The molecule has 1 aromatic rings. The number of nitriles is 1. The van der Waals surface area contributed by atoms with Crippen molar-refractivity contribution in [2.24, 2.45) is 0 Å². The van der Waals surface area contributed by atoms with E-state index in [0.29, 0.717) is 11.4 Å². The van der Waals surface area contributed by atoms with Gasteiger partial charge in [-0.1, -0.05) is 0 Å². The number of aliphatic hydroxyl groups excluding tert-OH is 1. The summed E-state index contributed by atoms with van der Waals surface area (Å²) >= 11 is 0. The molecule has 0 amide bonds. The highest BCUT2D eigenvalue weighted by Crippen LogP contribution is 2.24. The van der Waals surface area contributed by atoms with Crippen LogP contribution in [0.25, 0.3) is 0 Å². The number of pyridine rings is 1. The second-order valence-corrected chi connectivity index (χ2v) is 3.42. The Morgan fingerprint density at radius 2 is 2.33 bits per heavy atom. The number of aliphatic hydroxyl groups is 1. The molecule has 0 saturated heterocycles. The van der Waals surface area contributed by atoms with E-state index in [9.17, 15) is 0 Å². The number of hydrogen-bond acceptors (Lipinski definition) is 4. The van der Waals surface area contributed by atoms with Gasteiger partial charge >= 0.3 is 0 Å². The molecule has 1 N–H and O–H groups in total. The van der Waals surface area contributed by atoms with E-state index in [4.69, 9.17) is 15.1 Å². The number of hydrogen-bond donors (Lipinski definition) is 1. The zero-order chi connectivity index (χ0) is 11.3. The first-order valence-electron chi connectivity index (χ1n) is 4.81. The zero-order valence-corrected chi connectivity index (χ0v) is 8.84. The van der Waals surface area contributed by atoms with E-state index in [1.54, 1.807) is 18.3 Å². The van der Waals surface area contributed by atoms with E-state index in [1.807, 2.05) is 19.9 Å². The third kappa shape index (κ3) is 2.93. The fraction of sp³-hybridized carbons (Fsp3) is 0.455. The van der Waals surface area contributed by atoms with Crippen LogP contribution in [0, 0.1) is 11.3 Å². The minimum Gasteiger partial charge on any atom is -0.489 e. The molecule has 1 unspecified atom stereocenters. The van der Waals surface area contributed by atoms with Crippen LogP contribution in [0.5, 0.6) is 5.75 Å². The highest BCUT2D eigenvalue weighted by atomic mass is 16.5. The SMILES string of the molecule is CC(C)Oc1cccnc1C(C#N)CO. The summed E-state index contributed by atoms with van der Waals surface area (Å²) in [6, 6.07) is 5.48. The van der Waals surface area contributed by atoms with Gasteiger partial charge < -0.3 is 9.84 Å². The second-order valence-electron chi connectivity index (χ2n) is 3.42. The van der Waals surface area contributed by atoms with Gasteiger partial charge in [0.2, 0.25) is 0 Å². The Hall–Kier alpha value is -1.60. The standard InChI is InChI=1S/C11H14N2O2/c1-8(2)15-10-4-3-5-13-11(10)9(6-12)7-14/h3-5,8-9,14H,7H2,1-2H3. The molecule has 0 aliphatic rings. The van der Waals surface area contributed by atoms with Crippen LogP contribution in [-0.2, 0) is 0 Å². The fourth-order valence-electron chi connectivity index (χ4n) is 1.21. The average Bonchev–Trinajstić information content (AvgIpc) is 2.21. The van der Waals surface area contributed by atoms with Crippen LogP contribution < -0.4 is 4.74 Å². The topological polar surface area (TPSA) is 66.1 Å². The molecule has 4 heteroatoms. The minimum atomic E-state index is -0.625. The summed E-state index contributed by atoms with van der Waals surface area (Å²) in [4.78, 5) is 4.07. The third-order valence-corrected chi connectivity index (χ3v) is 1.83. The molecule has 80 valence electrons. The average molecular weight is 206 g/mol. The summed E-state index contributed by atoms with van der Waals surface area (Å²) in [5, 5.41) is 17.9. The van der Waals surface area contributed by atoms with E-state index >= 15 is 0 Å². The number of ether oxygens (including phenoxy) is 1. The molecule has 0 spiro atoms. The molecule has 0 saturated carbocycles. The molecule has 0 fully saturated rings. The van der Waals surface area contributed by atoms with Crippen molar-refractivity contribution in [3.8, 4) is 11.8 Å². The molecule has 1 rings (SSSR count). The van der Waals surface area contributed by atoms with E-state index in [-0.39, 0.29) is 12.7 Å². The molecule has 15 heavy (non-hydrogen) atoms. The molecule has 4 nitrogen and oxygen atoms in total. The van der Waals surface area contributed by atoms with Gasteiger partial charge in [0.15, 0.2) is 0 Å². The summed E-state index contributed by atoms with van der Waals surface area (Å²) in [5.41, 5.74) is 0.496. The van der Waals surface area contributed by atoms with Crippen molar-refractivity contribution in [3.05, 3.63) is 24.0 Å². The van der Waals surface area contributed by atoms with Gasteiger partial charge in [0, 0.05) is 6.20 Å². The Morgan fingerprint density at radius 1 is 1.60 bits per heavy atom. The zero-order valence-electron chi connectivity index (χ0n) is 8.84. The number of rotatable bonds is 4. The van der Waals surface area contributed by atoms with Crippen LogP contribution >= 0.6 is 0 Å². The predicted molar refractivity (Wildman–Crippen MR) is 55.4 cm³/mol. The number of aromatic nitrogens is 1. The monoisotopic (exact) mass is 206 g/mol. The lowest BCUT2D eigenvalue weighted by atomic mass is 10.1. The Morgan fingerprint density at radius 3 is 2.87 bits per heavy atom. The first-order chi connectivity index (χ1) is 7.19. The molecular formula is C11H14N2O2. The van der Waals surface area contributed by atoms with Gasteiger partial charge in [0.25, 0.3) is 0 Å². The van der Waals surface area contributed by atoms with Crippen LogP contribution in [-0.4, -0.2) is 22.8 Å². The van der Waals surface area contributed by atoms with Crippen molar-refractivity contribution >= 4 is 0 Å². The van der Waals surface area contributed by atoms with Gasteiger partial charge in [-0.2, -0.15) is 5.26 Å². The summed E-state index contributed by atoms with van der Waals surface area (Å²) in [6.45, 7) is 3.55. The van der Waals surface area contributed by atoms with E-state index in [2.05, 4.69) is 4.98 Å². The van der Waals surface area contributed by atoms with Crippen LogP contribution in [0.2, 0.25) is 0 Å². The van der Waals surface area contributed by atoms with Crippen LogP contribution in [0.15, 0.2) is 18.3 Å². The van der Waals surface area contributed by atoms with Gasteiger partial charge in [0.05, 0.1) is 18.8 Å². The maximum Gasteiger partial charge on any atom is 0.142 e. The Labute approximate surface area is 89.1 Å². The Bertz CT molecular complexity index is 358. The maximum absolute atomic E-state index is 9.02. The lowest BCUT2D eigenvalue weighted by Crippen LogP contribution is -2.11. The molecule has 0 aromatic carbocycles. The molecule has 1 aromatic heterocycles. The van der Waals surface area contributed by atoms with Gasteiger partial charge in [-0.3, -0.25) is 4.98 Å². The van der Waals surface area contributed by atoms with Crippen LogP contribution in [0.4, 0.5) is 0 Å². The fourth-order valence-corrected chi connectivity index (χ4v) is 1.21. The second kappa shape index (κ2) is 5.32. The van der Waals surface area contributed by atoms with Crippen molar-refractivity contribution in [3.63, 3.8) is 0 Å². The Balaban J connectivity index is 3.01. The van der Waals surface area contributed by atoms with Crippen molar-refractivity contribution in [1.29, 1.82) is 5.26 Å². The van der Waals surface area contributed by atoms with Crippen molar-refractivity contribution in [2.75, 3.05) is 6.61 Å². The smallest absolute Gasteiger partial charge is 0.142 e. The summed E-state index contributed by atoms with van der Waals surface area (Å²) in [6.07, 6.45) is 1.61. The van der Waals surface area contributed by atoms with Crippen molar-refractivity contribution in [2.45, 2.75) is 25.9 Å². The Kier molecular flexibility index (Phi) is 4.07. The van der Waals surface area contributed by atoms with Crippen LogP contribution in [0.1, 0.15) is 25.5 Å². The highest BCUT2D eigenvalue weighted by molar-refractivity contribution is 5.33. The summed E-state index contributed by atoms with van der Waals surface area (Å²) < 4.78 is 5.51. The van der Waals surface area contributed by atoms with Gasteiger partial charge in [-0.15, -0.1) is 0 Å². The molecule has 0 aliphatic carbocycles. The maximum atomic E-state index is 9.02. The molecule has 0 aliphatic heterocycles. The first-order valence-corrected chi connectivity index (χ1v) is 4.81. The lowest BCUT2D eigenvalue weighted by Gasteiger charge is -2.14. The van der Waals surface area contributed by atoms with E-state index < -0.39 is 5.92 Å². The van der Waals surface area contributed by atoms with Crippen molar-refractivity contribution in [1.82, 2.24) is 4.98 Å².